The minimum absolute atomic E-state index is 0.0890. The molecule has 3 aromatic rings. The molecule has 0 bridgehead atoms. The molecule has 0 aliphatic heterocycles. The third-order valence-corrected chi connectivity index (χ3v) is 3.42. The van der Waals surface area contributed by atoms with Crippen LogP contribution in [0.5, 0.6) is 0 Å². The fourth-order valence-electron chi connectivity index (χ4n) is 2.49. The zero-order valence-electron chi connectivity index (χ0n) is 11.0. The molecule has 1 atom stereocenters. The smallest absolute Gasteiger partial charge is 0.0766 e. The predicted octanol–water partition coefficient (Wildman–Crippen LogP) is 2.28. The van der Waals surface area contributed by atoms with E-state index in [0.717, 1.165) is 16.6 Å². The van der Waals surface area contributed by atoms with Crippen LogP contribution in [0.25, 0.3) is 10.9 Å². The number of para-hydroxylation sites is 1. The molecule has 0 aliphatic carbocycles. The first-order valence-corrected chi connectivity index (χ1v) is 6.30. The molecule has 0 aliphatic rings. The zero-order chi connectivity index (χ0) is 13.2. The van der Waals surface area contributed by atoms with Gasteiger partial charge in [-0.15, -0.1) is 0 Å². The van der Waals surface area contributed by atoms with Crippen LogP contribution in [-0.4, -0.2) is 21.8 Å². The van der Waals surface area contributed by atoms with Crippen molar-refractivity contribution in [3.8, 4) is 0 Å². The van der Waals surface area contributed by atoms with Gasteiger partial charge in [-0.25, -0.2) is 0 Å². The summed E-state index contributed by atoms with van der Waals surface area (Å²) in [6.07, 6.45) is 3.65. The predicted molar refractivity (Wildman–Crippen MR) is 75.9 cm³/mol. The molecule has 1 aromatic carbocycles. The van der Waals surface area contributed by atoms with E-state index < -0.39 is 0 Å². The van der Waals surface area contributed by atoms with Crippen molar-refractivity contribution in [2.75, 3.05) is 7.05 Å². The number of rotatable bonds is 3. The van der Waals surface area contributed by atoms with Crippen LogP contribution in [0.3, 0.4) is 0 Å². The largest absolute Gasteiger partial charge is 0.308 e. The molecular formula is C15H16N4. The van der Waals surface area contributed by atoms with E-state index in [1.807, 2.05) is 43.3 Å². The number of fused-ring (bicyclic) bond motifs is 1. The molecule has 96 valence electrons. The lowest BCUT2D eigenvalue weighted by Gasteiger charge is -2.18. The van der Waals surface area contributed by atoms with Gasteiger partial charge in [0.25, 0.3) is 0 Å². The molecule has 4 nitrogen and oxygen atoms in total. The maximum Gasteiger partial charge on any atom is 0.0766 e. The van der Waals surface area contributed by atoms with Crippen LogP contribution >= 0.6 is 0 Å². The van der Waals surface area contributed by atoms with Gasteiger partial charge in [0.2, 0.25) is 0 Å². The number of aromatic nitrogens is 3. The van der Waals surface area contributed by atoms with Crippen molar-refractivity contribution in [2.45, 2.75) is 6.04 Å². The van der Waals surface area contributed by atoms with Crippen molar-refractivity contribution in [1.29, 1.82) is 0 Å². The summed E-state index contributed by atoms with van der Waals surface area (Å²) in [7, 11) is 3.91. The normalized spacial score (nSPS) is 12.7. The highest BCUT2D eigenvalue weighted by atomic mass is 15.3. The summed E-state index contributed by atoms with van der Waals surface area (Å²) in [6, 6.07) is 12.4. The van der Waals surface area contributed by atoms with Gasteiger partial charge in [-0.1, -0.05) is 24.3 Å². The molecule has 0 fully saturated rings. The molecule has 1 unspecified atom stereocenters. The Morgan fingerprint density at radius 3 is 2.68 bits per heavy atom. The van der Waals surface area contributed by atoms with Crippen molar-refractivity contribution in [1.82, 2.24) is 20.1 Å². The fraction of sp³-hybridized carbons (Fsp3) is 0.200. The SMILES string of the molecule is CNC(c1cccc2cccnc12)c1ccnn1C. The zero-order valence-corrected chi connectivity index (χ0v) is 11.0. The Morgan fingerprint density at radius 1 is 1.11 bits per heavy atom. The molecule has 0 saturated heterocycles. The van der Waals surface area contributed by atoms with E-state index in [4.69, 9.17) is 0 Å². The van der Waals surface area contributed by atoms with Gasteiger partial charge in [0.1, 0.15) is 0 Å². The fourth-order valence-corrected chi connectivity index (χ4v) is 2.49. The molecule has 19 heavy (non-hydrogen) atoms. The second-order valence-electron chi connectivity index (χ2n) is 4.52. The van der Waals surface area contributed by atoms with E-state index in [1.54, 1.807) is 0 Å². The number of benzene rings is 1. The standard InChI is InChI=1S/C15H16N4/c1-16-15(13-8-10-18-19(13)2)12-7-3-5-11-6-4-9-17-14(11)12/h3-10,15-16H,1-2H3. The number of aryl methyl sites for hydroxylation is 1. The molecule has 2 aromatic heterocycles. The number of hydrogen-bond donors (Lipinski definition) is 1. The first-order valence-electron chi connectivity index (χ1n) is 6.30. The van der Waals surface area contributed by atoms with Crippen molar-refractivity contribution in [2.24, 2.45) is 7.05 Å². The average Bonchev–Trinajstić information content (AvgIpc) is 2.86. The third-order valence-electron chi connectivity index (χ3n) is 3.42. The summed E-state index contributed by atoms with van der Waals surface area (Å²) in [4.78, 5) is 4.52. The van der Waals surface area contributed by atoms with E-state index in [2.05, 4.69) is 39.7 Å². The van der Waals surface area contributed by atoms with Crippen LogP contribution < -0.4 is 5.32 Å². The highest BCUT2D eigenvalue weighted by Gasteiger charge is 2.17. The van der Waals surface area contributed by atoms with E-state index in [9.17, 15) is 0 Å². The summed E-state index contributed by atoms with van der Waals surface area (Å²) >= 11 is 0. The number of nitrogens with one attached hydrogen (secondary N) is 1. The van der Waals surface area contributed by atoms with Gasteiger partial charge in [-0.3, -0.25) is 9.67 Å². The molecule has 0 saturated carbocycles. The van der Waals surface area contributed by atoms with Crippen LogP contribution in [0.4, 0.5) is 0 Å². The molecule has 0 spiro atoms. The van der Waals surface area contributed by atoms with Gasteiger partial charge in [-0.2, -0.15) is 5.10 Å². The molecule has 0 amide bonds. The second-order valence-corrected chi connectivity index (χ2v) is 4.52. The Labute approximate surface area is 112 Å². The maximum absolute atomic E-state index is 4.52. The van der Waals surface area contributed by atoms with Crippen LogP contribution in [0.1, 0.15) is 17.3 Å². The van der Waals surface area contributed by atoms with Crippen molar-refractivity contribution >= 4 is 10.9 Å². The Bertz CT molecular complexity index is 697. The molecule has 2 heterocycles. The molecular weight excluding hydrogens is 236 g/mol. The minimum Gasteiger partial charge on any atom is -0.308 e. The quantitative estimate of drug-likeness (QED) is 0.777. The van der Waals surface area contributed by atoms with Gasteiger partial charge in [0.05, 0.1) is 17.3 Å². The minimum atomic E-state index is 0.0890. The Morgan fingerprint density at radius 2 is 1.95 bits per heavy atom. The average molecular weight is 252 g/mol. The highest BCUT2D eigenvalue weighted by molar-refractivity contribution is 5.82. The first-order chi connectivity index (χ1) is 9.31. The first kappa shape index (κ1) is 11.9. The summed E-state index contributed by atoms with van der Waals surface area (Å²) in [6.45, 7) is 0. The summed E-state index contributed by atoms with van der Waals surface area (Å²) in [5.74, 6) is 0. The van der Waals surface area contributed by atoms with E-state index in [-0.39, 0.29) is 6.04 Å². The summed E-state index contributed by atoms with van der Waals surface area (Å²) in [5.41, 5.74) is 3.33. The summed E-state index contributed by atoms with van der Waals surface area (Å²) < 4.78 is 1.89. The van der Waals surface area contributed by atoms with Gasteiger partial charge < -0.3 is 5.32 Å². The Hall–Kier alpha value is -2.20. The van der Waals surface area contributed by atoms with Gasteiger partial charge in [0.15, 0.2) is 0 Å². The topological polar surface area (TPSA) is 42.7 Å². The van der Waals surface area contributed by atoms with Crippen molar-refractivity contribution in [3.05, 3.63) is 60.0 Å². The maximum atomic E-state index is 4.52. The van der Waals surface area contributed by atoms with Gasteiger partial charge >= 0.3 is 0 Å². The molecule has 3 rings (SSSR count). The van der Waals surface area contributed by atoms with Crippen molar-refractivity contribution in [3.63, 3.8) is 0 Å². The lowest BCUT2D eigenvalue weighted by molar-refractivity contribution is 0.608. The van der Waals surface area contributed by atoms with Crippen LogP contribution in [0.15, 0.2) is 48.8 Å². The lowest BCUT2D eigenvalue weighted by atomic mass is 10.0. The number of nitrogens with zero attached hydrogens (tertiary/aromatic N) is 3. The van der Waals surface area contributed by atoms with Crippen LogP contribution in [0.2, 0.25) is 0 Å². The monoisotopic (exact) mass is 252 g/mol. The van der Waals surface area contributed by atoms with E-state index in [0.29, 0.717) is 0 Å². The highest BCUT2D eigenvalue weighted by Crippen LogP contribution is 2.26. The van der Waals surface area contributed by atoms with Crippen LogP contribution in [0, 0.1) is 0 Å². The third kappa shape index (κ3) is 2.00. The lowest BCUT2D eigenvalue weighted by Crippen LogP contribution is -2.21. The van der Waals surface area contributed by atoms with Crippen LogP contribution in [-0.2, 0) is 7.05 Å². The van der Waals surface area contributed by atoms with Gasteiger partial charge in [0, 0.05) is 30.4 Å². The second kappa shape index (κ2) is 4.82. The molecule has 4 heteroatoms. The number of hydrogen-bond acceptors (Lipinski definition) is 3. The van der Waals surface area contributed by atoms with E-state index in [1.165, 1.54) is 5.56 Å². The van der Waals surface area contributed by atoms with Gasteiger partial charge in [-0.05, 0) is 19.2 Å². The van der Waals surface area contributed by atoms with E-state index >= 15 is 0 Å². The molecule has 1 N–H and O–H groups in total. The molecule has 0 radical (unpaired) electrons. The Kier molecular flexibility index (Phi) is 3.01. The van der Waals surface area contributed by atoms with Crippen molar-refractivity contribution < 1.29 is 0 Å². The number of pyridine rings is 1. The Balaban J connectivity index is 2.20. The summed E-state index contributed by atoms with van der Waals surface area (Å²) in [5, 5.41) is 8.76.